The minimum atomic E-state index is -2.30. The number of hydrogen-bond donors (Lipinski definition) is 0. The molecule has 0 radical (unpaired) electrons. The lowest BCUT2D eigenvalue weighted by molar-refractivity contribution is 0.148. The van der Waals surface area contributed by atoms with Crippen molar-refractivity contribution in [2.75, 3.05) is 0 Å². The summed E-state index contributed by atoms with van der Waals surface area (Å²) in [7, 11) is 0. The highest BCUT2D eigenvalue weighted by Gasteiger charge is 2.11. The van der Waals surface area contributed by atoms with Crippen LogP contribution in [0.2, 0.25) is 5.02 Å². The minimum absolute atomic E-state index is 0.190. The molecule has 0 saturated carbocycles. The Bertz CT molecular complexity index is 308. The highest BCUT2D eigenvalue weighted by atomic mass is 35.5. The molecule has 0 atom stereocenters. The van der Waals surface area contributed by atoms with Crippen LogP contribution in [0.1, 0.15) is 30.9 Å². The zero-order chi connectivity index (χ0) is 10.7. The number of halogens is 3. The zero-order valence-electron chi connectivity index (χ0n) is 8.23. The van der Waals surface area contributed by atoms with Crippen LogP contribution in [-0.4, -0.2) is 6.43 Å². The predicted molar refractivity (Wildman–Crippen MR) is 55.2 cm³/mol. The molecular weight excluding hydrogens is 206 g/mol. The number of alkyl halides is 2. The second-order valence-electron chi connectivity index (χ2n) is 3.59. The maximum atomic E-state index is 12.2. The van der Waals surface area contributed by atoms with Crippen molar-refractivity contribution in [2.45, 2.75) is 32.6 Å². The number of hydrogen-bond acceptors (Lipinski definition) is 0. The molecule has 0 aliphatic rings. The van der Waals surface area contributed by atoms with Crippen LogP contribution in [0.4, 0.5) is 8.78 Å². The third-order valence-electron chi connectivity index (χ3n) is 2.10. The van der Waals surface area contributed by atoms with E-state index < -0.39 is 6.43 Å². The fourth-order valence-corrected chi connectivity index (χ4v) is 1.64. The third kappa shape index (κ3) is 2.95. The van der Waals surface area contributed by atoms with Crippen molar-refractivity contribution in [3.8, 4) is 0 Å². The largest absolute Gasteiger partial charge is 0.242 e. The first-order valence-electron chi connectivity index (χ1n) is 4.57. The number of rotatable bonds is 3. The van der Waals surface area contributed by atoms with E-state index in [2.05, 4.69) is 0 Å². The van der Waals surface area contributed by atoms with Crippen LogP contribution in [0.5, 0.6) is 0 Å². The van der Waals surface area contributed by atoms with Gasteiger partial charge in [-0.1, -0.05) is 31.5 Å². The first kappa shape index (κ1) is 11.4. The molecule has 14 heavy (non-hydrogen) atoms. The summed E-state index contributed by atoms with van der Waals surface area (Å²) < 4.78 is 24.5. The van der Waals surface area contributed by atoms with Crippen LogP contribution >= 0.6 is 11.6 Å². The lowest BCUT2D eigenvalue weighted by atomic mass is 9.95. The van der Waals surface area contributed by atoms with Gasteiger partial charge in [0.05, 0.1) is 0 Å². The molecule has 1 aromatic carbocycles. The first-order chi connectivity index (χ1) is 6.50. The highest BCUT2D eigenvalue weighted by molar-refractivity contribution is 6.30. The third-order valence-corrected chi connectivity index (χ3v) is 2.34. The maximum Gasteiger partial charge on any atom is 0.242 e. The molecule has 0 unspecified atom stereocenters. The van der Waals surface area contributed by atoms with Gasteiger partial charge in [0.15, 0.2) is 0 Å². The van der Waals surface area contributed by atoms with Gasteiger partial charge in [0.25, 0.3) is 0 Å². The molecule has 0 N–H and O–H groups in total. The monoisotopic (exact) mass is 218 g/mol. The van der Waals surface area contributed by atoms with Crippen LogP contribution in [0.25, 0.3) is 0 Å². The predicted octanol–water partition coefficient (Wildman–Crippen LogP) is 4.27. The Labute approximate surface area is 87.9 Å². The van der Waals surface area contributed by atoms with E-state index in [-0.39, 0.29) is 12.3 Å². The van der Waals surface area contributed by atoms with Gasteiger partial charge in [-0.05, 0) is 29.2 Å². The summed E-state index contributed by atoms with van der Waals surface area (Å²) in [6.45, 7) is 3.95. The molecule has 0 fully saturated rings. The zero-order valence-corrected chi connectivity index (χ0v) is 8.98. The molecule has 0 aliphatic heterocycles. The summed E-state index contributed by atoms with van der Waals surface area (Å²) in [4.78, 5) is 0. The quantitative estimate of drug-likeness (QED) is 0.711. The normalized spacial score (nSPS) is 11.4. The second-order valence-corrected chi connectivity index (χ2v) is 4.03. The van der Waals surface area contributed by atoms with Gasteiger partial charge in [-0.15, -0.1) is 0 Å². The van der Waals surface area contributed by atoms with Crippen molar-refractivity contribution in [1.29, 1.82) is 0 Å². The molecule has 0 nitrogen and oxygen atoms in total. The Balaban J connectivity index is 3.02. The Morgan fingerprint density at radius 3 is 2.43 bits per heavy atom. The smallest absolute Gasteiger partial charge is 0.210 e. The van der Waals surface area contributed by atoms with Gasteiger partial charge >= 0.3 is 0 Å². The molecule has 3 heteroatoms. The van der Waals surface area contributed by atoms with E-state index in [0.717, 1.165) is 5.56 Å². The van der Waals surface area contributed by atoms with E-state index in [0.29, 0.717) is 10.6 Å². The van der Waals surface area contributed by atoms with E-state index in [1.807, 2.05) is 13.8 Å². The average molecular weight is 219 g/mol. The topological polar surface area (TPSA) is 0 Å². The lowest BCUT2D eigenvalue weighted by Crippen LogP contribution is -2.02. The molecule has 1 rings (SSSR count). The van der Waals surface area contributed by atoms with Gasteiger partial charge in [-0.25, -0.2) is 8.78 Å². The van der Waals surface area contributed by atoms with Crippen LogP contribution in [0.3, 0.4) is 0 Å². The van der Waals surface area contributed by atoms with Gasteiger partial charge in [0.1, 0.15) is 0 Å². The van der Waals surface area contributed by atoms with Gasteiger partial charge in [-0.2, -0.15) is 0 Å². The lowest BCUT2D eigenvalue weighted by Gasteiger charge is -2.12. The summed E-state index contributed by atoms with van der Waals surface area (Å²) in [6, 6.07) is 5.11. The van der Waals surface area contributed by atoms with E-state index in [9.17, 15) is 8.78 Å². The Hall–Kier alpha value is -0.630. The summed E-state index contributed by atoms with van der Waals surface area (Å²) in [5.41, 5.74) is 1.61. The van der Waals surface area contributed by atoms with Gasteiger partial charge in [0.2, 0.25) is 6.43 Å². The number of benzene rings is 1. The van der Waals surface area contributed by atoms with Crippen molar-refractivity contribution in [2.24, 2.45) is 0 Å². The van der Waals surface area contributed by atoms with Crippen molar-refractivity contribution in [3.63, 3.8) is 0 Å². The van der Waals surface area contributed by atoms with Crippen molar-refractivity contribution < 1.29 is 8.78 Å². The second kappa shape index (κ2) is 4.74. The van der Waals surface area contributed by atoms with E-state index in [4.69, 9.17) is 11.6 Å². The maximum absolute atomic E-state index is 12.2. The molecule has 0 aromatic heterocycles. The van der Waals surface area contributed by atoms with Crippen molar-refractivity contribution >= 4 is 11.6 Å². The van der Waals surface area contributed by atoms with Crippen LogP contribution in [-0.2, 0) is 6.42 Å². The summed E-state index contributed by atoms with van der Waals surface area (Å²) in [5, 5.41) is 0.603. The first-order valence-corrected chi connectivity index (χ1v) is 4.95. The molecule has 0 saturated heterocycles. The average Bonchev–Trinajstić information content (AvgIpc) is 2.07. The van der Waals surface area contributed by atoms with Gasteiger partial charge in [0, 0.05) is 11.4 Å². The van der Waals surface area contributed by atoms with E-state index in [1.165, 1.54) is 0 Å². The molecule has 78 valence electrons. The van der Waals surface area contributed by atoms with Crippen LogP contribution in [0, 0.1) is 0 Å². The molecule has 0 aliphatic carbocycles. The van der Waals surface area contributed by atoms with Crippen molar-refractivity contribution in [3.05, 3.63) is 34.3 Å². The fourth-order valence-electron chi connectivity index (χ4n) is 1.46. The minimum Gasteiger partial charge on any atom is -0.210 e. The Morgan fingerprint density at radius 2 is 1.93 bits per heavy atom. The Kier molecular flexibility index (Phi) is 3.87. The highest BCUT2D eigenvalue weighted by Crippen LogP contribution is 2.25. The van der Waals surface area contributed by atoms with Gasteiger partial charge in [-0.3, -0.25) is 0 Å². The SMILES string of the molecule is CC(C)c1cc(Cl)ccc1CC(F)F. The summed E-state index contributed by atoms with van der Waals surface area (Å²) >= 11 is 5.81. The van der Waals surface area contributed by atoms with E-state index >= 15 is 0 Å². The molecule has 0 spiro atoms. The van der Waals surface area contributed by atoms with Crippen LogP contribution in [0.15, 0.2) is 18.2 Å². The molecular formula is C11H13ClF2. The summed E-state index contributed by atoms with van der Waals surface area (Å²) in [6.07, 6.45) is -2.49. The standard InChI is InChI=1S/C11H13ClF2/c1-7(2)10-6-9(12)4-3-8(10)5-11(13)14/h3-4,6-7,11H,5H2,1-2H3. The molecule has 0 amide bonds. The fraction of sp³-hybridized carbons (Fsp3) is 0.455. The molecule has 0 heterocycles. The molecule has 0 bridgehead atoms. The van der Waals surface area contributed by atoms with E-state index in [1.54, 1.807) is 18.2 Å². The molecule has 1 aromatic rings. The van der Waals surface area contributed by atoms with Gasteiger partial charge < -0.3 is 0 Å². The van der Waals surface area contributed by atoms with Crippen molar-refractivity contribution in [1.82, 2.24) is 0 Å². The van der Waals surface area contributed by atoms with Crippen LogP contribution < -0.4 is 0 Å². The summed E-state index contributed by atoms with van der Waals surface area (Å²) in [5.74, 6) is 0.224. The Morgan fingerprint density at radius 1 is 1.29 bits per heavy atom.